The summed E-state index contributed by atoms with van der Waals surface area (Å²) in [7, 11) is -11.6. The van der Waals surface area contributed by atoms with Crippen molar-refractivity contribution in [2.75, 3.05) is 131 Å². The van der Waals surface area contributed by atoms with Gasteiger partial charge < -0.3 is 54.8 Å². The number of ether oxygens (including phenoxy) is 2. The zero-order valence-corrected chi connectivity index (χ0v) is 67.5. The minimum atomic E-state index is -3.91. The molecule has 23 nitrogen and oxygen atoms in total. The number of aliphatic hydroxyl groups excluding tert-OH is 3. The van der Waals surface area contributed by atoms with Crippen LogP contribution in [0.15, 0.2) is 209 Å². The average Bonchev–Trinajstić information content (AvgIpc) is 0.783. The number of fused-ring (bicyclic) bond motifs is 3. The summed E-state index contributed by atoms with van der Waals surface area (Å²) in [5, 5.41) is 63.8. The van der Waals surface area contributed by atoms with Crippen LogP contribution < -0.4 is 38.3 Å². The molecule has 0 bridgehead atoms. The Hall–Kier alpha value is -9.11. The highest BCUT2D eigenvalue weighted by molar-refractivity contribution is 8.00. The number of halogens is 1. The van der Waals surface area contributed by atoms with Crippen LogP contribution >= 0.6 is 35.3 Å². The molecular weight excluding hydrogens is 1520 g/mol. The summed E-state index contributed by atoms with van der Waals surface area (Å²) >= 11 is 3.53. The third kappa shape index (κ3) is 21.5. The molecule has 3 aliphatic heterocycles. The Labute approximate surface area is 657 Å². The topological polar surface area (TPSA) is 298 Å². The van der Waals surface area contributed by atoms with Crippen LogP contribution in [0.1, 0.15) is 54.0 Å². The highest BCUT2D eigenvalue weighted by atomic mass is 32.2. The maximum absolute atomic E-state index is 14.1. The predicted octanol–water partition coefficient (Wildman–Crippen LogP) is 15.8. The van der Waals surface area contributed by atoms with Gasteiger partial charge >= 0.3 is 30.6 Å². The number of aliphatic hydroxyl groups is 3. The lowest BCUT2D eigenvalue weighted by Gasteiger charge is -2.35. The molecule has 588 valence electrons. The van der Waals surface area contributed by atoms with E-state index in [2.05, 4.69) is 103 Å². The lowest BCUT2D eigenvalue weighted by molar-refractivity contribution is 0.231. The Morgan fingerprint density at radius 1 is 0.455 bits per heavy atom. The first kappa shape index (κ1) is 83.4. The fourth-order valence-electron chi connectivity index (χ4n) is 12.5. The molecule has 0 aromatic heterocycles. The summed E-state index contributed by atoms with van der Waals surface area (Å²) in [5.74, 6) is 1.53. The molecule has 3 saturated heterocycles. The smallest absolute Gasteiger partial charge is 0.301 e. The molecule has 0 amide bonds. The Kier molecular flexibility index (Phi) is 27.6. The van der Waals surface area contributed by atoms with Gasteiger partial charge in [-0.05, 0) is 97.5 Å². The number of piperazine rings is 3. The lowest BCUT2D eigenvalue weighted by atomic mass is 9.87. The Balaban J connectivity index is 0.000000176. The Morgan fingerprint density at radius 3 is 1.07 bits per heavy atom. The second kappa shape index (κ2) is 36.4. The summed E-state index contributed by atoms with van der Waals surface area (Å²) < 4.78 is 118. The summed E-state index contributed by atoms with van der Waals surface area (Å²) in [4.78, 5) is 7.69. The molecule has 30 heteroatoms. The van der Waals surface area contributed by atoms with Crippen molar-refractivity contribution >= 4 is 132 Å². The van der Waals surface area contributed by atoms with Gasteiger partial charge in [0.15, 0.2) is 11.6 Å². The van der Waals surface area contributed by atoms with Gasteiger partial charge in [0.2, 0.25) is 0 Å². The SMILES string of the molecule is C=C(O)CSc1cc(NS(=O)(=O)N2CCN(c3ccc(C(C)(C)C)cc3)CC2)c2ccccc2c1O.C=C(O)CSc1cc(NS(=O)(=O)N2CCN(c3ccc(F)c(OC(C)C)c3)CC2)c2ccccc2c1O.C=C(O)CSc1cc(NS(=O)(=O)N2CCN(c3ccc(OCC(C)C)cc3)CC2)c2ccccc2c1O. The standard InChI is InChI=1S/C27H33N3O5S2.C27H33N3O4S2.C26H30FN3O5S2/c1-19(2)17-35-22-10-8-21(9-11-22)29-12-14-30(15-13-29)37(33,34)28-25-16-26(36-18-20(3)31)27(32)24-7-5-4-6-23(24)25;1-19(31)18-35-25-17-24(22-7-5-6-8-23(22)26(25)32)28-36(33,34)30-15-13-29(14-16-30)21-11-9-20(10-12-21)27(2,3)4;1-17(2)35-24-14-19(8-9-22(24)27)29-10-12-30(13-11-29)37(33,34)28-23-15-25(36-16-18(3)31)26(32)21-7-5-4-6-20(21)23/h4-11,16,19,28,31-32H,3,12-15,17-18H2,1-2H3;5-12,17,28,31-32H,1,13-16,18H2,2-4H3;4-9,14-15,17,28,31-32H,3,10-13,16H2,1-2H3. The van der Waals surface area contributed by atoms with Gasteiger partial charge in [0.25, 0.3) is 0 Å². The number of benzene rings is 9. The molecule has 0 aliphatic carbocycles. The Bertz CT molecular complexity index is 5130. The first-order chi connectivity index (χ1) is 52.1. The fourth-order valence-corrected chi connectivity index (χ4v) is 18.4. The maximum Gasteiger partial charge on any atom is 0.301 e. The zero-order chi connectivity index (χ0) is 79.4. The number of hydrogen-bond donors (Lipinski definition) is 9. The third-order valence-corrected chi connectivity index (χ3v) is 26.0. The molecule has 3 heterocycles. The molecule has 9 aromatic carbocycles. The maximum atomic E-state index is 14.1. The van der Waals surface area contributed by atoms with Crippen molar-refractivity contribution in [2.24, 2.45) is 5.92 Å². The Morgan fingerprint density at radius 2 is 0.764 bits per heavy atom. The largest absolute Gasteiger partial charge is 0.512 e. The monoisotopic (exact) mass is 1620 g/mol. The highest BCUT2D eigenvalue weighted by Crippen LogP contribution is 2.44. The van der Waals surface area contributed by atoms with Crippen LogP contribution in [-0.2, 0) is 36.0 Å². The molecule has 9 aromatic rings. The molecule has 12 rings (SSSR count). The van der Waals surface area contributed by atoms with Gasteiger partial charge in [-0.25, -0.2) is 4.39 Å². The molecule has 0 saturated carbocycles. The molecule has 0 atom stereocenters. The minimum absolute atomic E-state index is 0.0125. The van der Waals surface area contributed by atoms with Gasteiger partial charge in [-0.3, -0.25) is 14.2 Å². The van der Waals surface area contributed by atoms with Crippen molar-refractivity contribution < 1.29 is 69.8 Å². The van der Waals surface area contributed by atoms with E-state index < -0.39 is 36.4 Å². The number of phenols is 3. The second-order valence-electron chi connectivity index (χ2n) is 28.3. The van der Waals surface area contributed by atoms with Crippen LogP contribution in [0.2, 0.25) is 0 Å². The molecule has 110 heavy (non-hydrogen) atoms. The summed E-state index contributed by atoms with van der Waals surface area (Å²) in [6.07, 6.45) is -0.171. The predicted molar refractivity (Wildman–Crippen MR) is 447 cm³/mol. The van der Waals surface area contributed by atoms with E-state index in [4.69, 9.17) is 9.47 Å². The molecular formula is C80H96FN9O14S6. The number of thioether (sulfide) groups is 3. The van der Waals surface area contributed by atoms with E-state index in [1.165, 1.54) is 48.1 Å². The molecule has 3 aliphatic rings. The molecule has 0 unspecified atom stereocenters. The van der Waals surface area contributed by atoms with Crippen LogP contribution in [0, 0.1) is 11.7 Å². The van der Waals surface area contributed by atoms with Gasteiger partial charge in [0.05, 0.1) is 79.0 Å². The number of hydrogen-bond acceptors (Lipinski definition) is 20. The number of nitrogens with zero attached hydrogens (tertiary/aromatic N) is 6. The van der Waals surface area contributed by atoms with E-state index in [-0.39, 0.29) is 82.1 Å². The normalized spacial score (nSPS) is 14.9. The number of rotatable bonds is 26. The van der Waals surface area contributed by atoms with Crippen LogP contribution in [-0.4, -0.2) is 177 Å². The molecule has 3 fully saturated rings. The van der Waals surface area contributed by atoms with Gasteiger partial charge in [0.1, 0.15) is 23.0 Å². The highest BCUT2D eigenvalue weighted by Gasteiger charge is 2.33. The van der Waals surface area contributed by atoms with Crippen LogP contribution in [0.25, 0.3) is 32.3 Å². The zero-order valence-electron chi connectivity index (χ0n) is 62.6. The van der Waals surface area contributed by atoms with Crippen molar-refractivity contribution in [2.45, 2.75) is 74.7 Å². The summed E-state index contributed by atoms with van der Waals surface area (Å²) in [5.41, 5.74) is 5.31. The lowest BCUT2D eigenvalue weighted by Crippen LogP contribution is -2.50. The van der Waals surface area contributed by atoms with Crippen molar-refractivity contribution in [1.82, 2.24) is 12.9 Å². The molecule has 0 radical (unpaired) electrons. The van der Waals surface area contributed by atoms with E-state index in [9.17, 15) is 60.3 Å². The van der Waals surface area contributed by atoms with Gasteiger partial charge in [-0.1, -0.05) is 139 Å². The molecule has 9 N–H and O–H groups in total. The fraction of sp³-hybridized carbons (Fsp3) is 0.325. The first-order valence-corrected chi connectivity index (χ1v) is 43.0. The average molecular weight is 1620 g/mol. The van der Waals surface area contributed by atoms with Crippen LogP contribution in [0.4, 0.5) is 38.5 Å². The van der Waals surface area contributed by atoms with Crippen molar-refractivity contribution in [3.05, 3.63) is 206 Å². The van der Waals surface area contributed by atoms with E-state index in [0.717, 1.165) is 34.6 Å². The minimum Gasteiger partial charge on any atom is -0.512 e. The number of anilines is 6. The van der Waals surface area contributed by atoms with Crippen molar-refractivity contribution in [3.8, 4) is 28.7 Å². The van der Waals surface area contributed by atoms with E-state index in [1.807, 2.05) is 43.0 Å². The van der Waals surface area contributed by atoms with Gasteiger partial charge in [-0.2, -0.15) is 38.2 Å². The third-order valence-electron chi connectivity index (χ3n) is 18.1. The number of aromatic hydroxyl groups is 3. The van der Waals surface area contributed by atoms with Gasteiger partial charge in [0, 0.05) is 134 Å². The number of phenolic OH excluding ortho intramolecular Hbond substituents is 3. The van der Waals surface area contributed by atoms with E-state index in [0.29, 0.717) is 142 Å². The second-order valence-corrected chi connectivity index (χ2v) is 36.3. The van der Waals surface area contributed by atoms with Crippen molar-refractivity contribution in [3.63, 3.8) is 0 Å². The van der Waals surface area contributed by atoms with Crippen molar-refractivity contribution in [1.29, 1.82) is 0 Å². The first-order valence-electron chi connectivity index (χ1n) is 35.8. The van der Waals surface area contributed by atoms with Gasteiger partial charge in [-0.15, -0.1) is 35.3 Å². The quantitative estimate of drug-likeness (QED) is 0.0138. The van der Waals surface area contributed by atoms with Crippen LogP contribution in [0.5, 0.6) is 28.7 Å². The summed E-state index contributed by atoms with van der Waals surface area (Å²) in [6, 6.07) is 46.9. The number of nitrogens with one attached hydrogen (secondary N) is 3. The summed E-state index contributed by atoms with van der Waals surface area (Å²) in [6.45, 7) is 30.5. The van der Waals surface area contributed by atoms with E-state index >= 15 is 0 Å². The van der Waals surface area contributed by atoms with Crippen LogP contribution in [0.3, 0.4) is 0 Å². The van der Waals surface area contributed by atoms with E-state index in [1.54, 1.807) is 103 Å². The molecule has 0 spiro atoms.